The molecule has 0 bridgehead atoms. The number of rotatable bonds is 5. The fraction of sp³-hybridized carbons (Fsp3) is 0.211. The molecule has 2 aromatic rings. The van der Waals surface area contributed by atoms with E-state index in [1.807, 2.05) is 0 Å². The van der Waals surface area contributed by atoms with Gasteiger partial charge in [-0.3, -0.25) is 19.3 Å². The predicted molar refractivity (Wildman–Crippen MR) is 92.3 cm³/mol. The summed E-state index contributed by atoms with van der Waals surface area (Å²) in [5, 5.41) is 2.56. The van der Waals surface area contributed by atoms with Gasteiger partial charge in [0.05, 0.1) is 11.1 Å². The molecule has 7 nitrogen and oxygen atoms in total. The Morgan fingerprint density at radius 2 is 1.64 bits per heavy atom. The fourth-order valence-corrected chi connectivity index (χ4v) is 3.09. The van der Waals surface area contributed by atoms with Gasteiger partial charge in [-0.05, 0) is 30.7 Å². The van der Waals surface area contributed by atoms with E-state index in [2.05, 4.69) is 14.8 Å². The van der Waals surface area contributed by atoms with Gasteiger partial charge in [0.25, 0.3) is 11.8 Å². The van der Waals surface area contributed by atoms with Crippen LogP contribution in [0.4, 0.5) is 14.5 Å². The second-order valence-electron chi connectivity index (χ2n) is 6.29. The van der Waals surface area contributed by atoms with Gasteiger partial charge in [-0.25, -0.2) is 0 Å². The van der Waals surface area contributed by atoms with Crippen LogP contribution in [-0.4, -0.2) is 35.5 Å². The summed E-state index contributed by atoms with van der Waals surface area (Å²) in [5.41, 5.74) is 0.981. The minimum absolute atomic E-state index is 0.0397. The van der Waals surface area contributed by atoms with E-state index in [0.717, 1.165) is 4.90 Å². The summed E-state index contributed by atoms with van der Waals surface area (Å²) in [5.74, 6) is -1.43. The zero-order valence-corrected chi connectivity index (χ0v) is 14.4. The molecule has 1 N–H and O–H groups in total. The number of alkyl halides is 2. The first kappa shape index (κ1) is 17.9. The van der Waals surface area contributed by atoms with Crippen LogP contribution >= 0.6 is 0 Å². The van der Waals surface area contributed by atoms with E-state index in [1.54, 1.807) is 24.3 Å². The van der Waals surface area contributed by atoms with Crippen molar-refractivity contribution in [2.45, 2.75) is 19.1 Å². The van der Waals surface area contributed by atoms with E-state index in [-0.39, 0.29) is 54.3 Å². The van der Waals surface area contributed by atoms with Crippen LogP contribution in [-0.2, 0) is 4.79 Å². The molecule has 0 unspecified atom stereocenters. The molecule has 3 amide bonds. The van der Waals surface area contributed by atoms with Crippen LogP contribution in [0.3, 0.4) is 0 Å². The van der Waals surface area contributed by atoms with Gasteiger partial charge >= 0.3 is 6.29 Å². The summed E-state index contributed by atoms with van der Waals surface area (Å²) in [6, 6.07) is 10.5. The van der Waals surface area contributed by atoms with Gasteiger partial charge in [0.2, 0.25) is 5.91 Å². The zero-order chi connectivity index (χ0) is 19.9. The molecular formula is C19H14F2N2O5. The highest BCUT2D eigenvalue weighted by Crippen LogP contribution is 2.42. The van der Waals surface area contributed by atoms with Crippen LogP contribution in [0.25, 0.3) is 0 Å². The second kappa shape index (κ2) is 6.59. The molecule has 0 radical (unpaired) electrons. The van der Waals surface area contributed by atoms with E-state index in [9.17, 15) is 23.2 Å². The molecule has 28 heavy (non-hydrogen) atoms. The highest BCUT2D eigenvalue weighted by molar-refractivity contribution is 6.21. The lowest BCUT2D eigenvalue weighted by molar-refractivity contribution is -0.286. The van der Waals surface area contributed by atoms with E-state index in [4.69, 9.17) is 0 Å². The number of anilines is 1. The number of nitrogens with one attached hydrogen (secondary N) is 1. The number of ether oxygens (including phenoxy) is 2. The van der Waals surface area contributed by atoms with Crippen molar-refractivity contribution in [2.75, 3.05) is 11.9 Å². The second-order valence-corrected chi connectivity index (χ2v) is 6.29. The Morgan fingerprint density at radius 1 is 1.00 bits per heavy atom. The summed E-state index contributed by atoms with van der Waals surface area (Å²) in [6.45, 7) is 0.104. The lowest BCUT2D eigenvalue weighted by atomic mass is 10.1. The molecule has 2 aromatic carbocycles. The van der Waals surface area contributed by atoms with Crippen molar-refractivity contribution in [1.29, 1.82) is 0 Å². The minimum Gasteiger partial charge on any atom is -0.395 e. The quantitative estimate of drug-likeness (QED) is 0.796. The third-order valence-electron chi connectivity index (χ3n) is 4.35. The van der Waals surface area contributed by atoms with Crippen LogP contribution in [0.1, 0.15) is 33.6 Å². The maximum atomic E-state index is 13.0. The average molecular weight is 388 g/mol. The number of fused-ring (bicyclic) bond motifs is 2. The number of nitrogens with zero attached hydrogens (tertiary/aromatic N) is 1. The predicted octanol–water partition coefficient (Wildman–Crippen LogP) is 3.02. The van der Waals surface area contributed by atoms with Crippen molar-refractivity contribution in [3.05, 3.63) is 53.6 Å². The third kappa shape index (κ3) is 3.26. The molecule has 9 heteroatoms. The summed E-state index contributed by atoms with van der Waals surface area (Å²) in [6.07, 6.45) is -3.42. The molecule has 2 aliphatic rings. The monoisotopic (exact) mass is 388 g/mol. The molecule has 0 saturated carbocycles. The minimum atomic E-state index is -3.72. The first-order valence-corrected chi connectivity index (χ1v) is 8.49. The van der Waals surface area contributed by atoms with Crippen LogP contribution in [0.2, 0.25) is 0 Å². The standard InChI is InChI=1S/C19H14F2N2O5/c20-19(21)27-14-8-7-11(10-15(14)28-19)22-16(24)6-3-9-23-17(25)12-4-1-2-5-13(12)18(23)26/h1-2,4-5,7-8,10H,3,6,9H2,(H,22,24). The number of hydrogen-bond acceptors (Lipinski definition) is 5. The molecule has 0 spiro atoms. The van der Waals surface area contributed by atoms with E-state index < -0.39 is 6.29 Å². The molecule has 0 atom stereocenters. The van der Waals surface area contributed by atoms with Crippen LogP contribution in [0.5, 0.6) is 11.5 Å². The first-order chi connectivity index (χ1) is 13.3. The van der Waals surface area contributed by atoms with Gasteiger partial charge in [0, 0.05) is 24.7 Å². The van der Waals surface area contributed by atoms with Crippen molar-refractivity contribution in [3.8, 4) is 11.5 Å². The number of carbonyl (C=O) groups excluding carboxylic acids is 3. The highest BCUT2D eigenvalue weighted by Gasteiger charge is 2.43. The lowest BCUT2D eigenvalue weighted by Crippen LogP contribution is -2.31. The zero-order valence-electron chi connectivity index (χ0n) is 14.4. The molecule has 2 aliphatic heterocycles. The molecule has 0 aromatic heterocycles. The number of halogens is 2. The van der Waals surface area contributed by atoms with Crippen LogP contribution in [0, 0.1) is 0 Å². The summed E-state index contributed by atoms with van der Waals surface area (Å²) in [4.78, 5) is 37.7. The Labute approximate surface area is 157 Å². The molecule has 144 valence electrons. The smallest absolute Gasteiger partial charge is 0.395 e. The lowest BCUT2D eigenvalue weighted by Gasteiger charge is -2.13. The average Bonchev–Trinajstić information content (AvgIpc) is 3.08. The number of amides is 3. The summed E-state index contributed by atoms with van der Waals surface area (Å²) in [7, 11) is 0. The number of hydrogen-bond donors (Lipinski definition) is 1. The Bertz CT molecular complexity index is 957. The molecule has 0 fully saturated rings. The van der Waals surface area contributed by atoms with Crippen molar-refractivity contribution in [3.63, 3.8) is 0 Å². The number of carbonyl (C=O) groups is 3. The van der Waals surface area contributed by atoms with Crippen LogP contribution in [0.15, 0.2) is 42.5 Å². The summed E-state index contributed by atoms with van der Waals surface area (Å²) < 4.78 is 34.6. The van der Waals surface area contributed by atoms with Gasteiger partial charge in [0.1, 0.15) is 0 Å². The van der Waals surface area contributed by atoms with Crippen molar-refractivity contribution in [1.82, 2.24) is 4.90 Å². The third-order valence-corrected chi connectivity index (χ3v) is 4.35. The SMILES string of the molecule is O=C(CCCN1C(=O)c2ccccc2C1=O)Nc1ccc2c(c1)OC(F)(F)O2. The van der Waals surface area contributed by atoms with Crippen LogP contribution < -0.4 is 14.8 Å². The number of benzene rings is 2. The Morgan fingerprint density at radius 3 is 2.32 bits per heavy atom. The highest BCUT2D eigenvalue weighted by atomic mass is 19.3. The van der Waals surface area contributed by atoms with Gasteiger partial charge < -0.3 is 14.8 Å². The van der Waals surface area contributed by atoms with Crippen molar-refractivity contribution < 1.29 is 32.6 Å². The molecular weight excluding hydrogens is 374 g/mol. The maximum Gasteiger partial charge on any atom is 0.586 e. The Kier molecular flexibility index (Phi) is 4.21. The summed E-state index contributed by atoms with van der Waals surface area (Å²) >= 11 is 0. The Hall–Kier alpha value is -3.49. The molecule has 0 saturated heterocycles. The normalized spacial score (nSPS) is 16.3. The topological polar surface area (TPSA) is 84.9 Å². The molecule has 0 aliphatic carbocycles. The first-order valence-electron chi connectivity index (χ1n) is 8.49. The van der Waals surface area contributed by atoms with Crippen molar-refractivity contribution >= 4 is 23.4 Å². The molecule has 4 rings (SSSR count). The number of imide groups is 1. The van der Waals surface area contributed by atoms with E-state index in [0.29, 0.717) is 11.1 Å². The largest absolute Gasteiger partial charge is 0.586 e. The fourth-order valence-electron chi connectivity index (χ4n) is 3.09. The van der Waals surface area contributed by atoms with E-state index in [1.165, 1.54) is 18.2 Å². The van der Waals surface area contributed by atoms with Gasteiger partial charge in [-0.2, -0.15) is 0 Å². The Balaban J connectivity index is 1.31. The van der Waals surface area contributed by atoms with Gasteiger partial charge in [0.15, 0.2) is 11.5 Å². The maximum absolute atomic E-state index is 13.0. The van der Waals surface area contributed by atoms with Crippen molar-refractivity contribution in [2.24, 2.45) is 0 Å². The van der Waals surface area contributed by atoms with Gasteiger partial charge in [-0.1, -0.05) is 12.1 Å². The molecule has 2 heterocycles. The van der Waals surface area contributed by atoms with E-state index >= 15 is 0 Å². The van der Waals surface area contributed by atoms with Gasteiger partial charge in [-0.15, -0.1) is 8.78 Å².